The second-order valence-corrected chi connectivity index (χ2v) is 5.78. The van der Waals surface area contributed by atoms with Crippen molar-refractivity contribution in [3.63, 3.8) is 0 Å². The number of imide groups is 1. The highest BCUT2D eigenvalue weighted by Gasteiger charge is 2.47. The molecule has 0 radical (unpaired) electrons. The summed E-state index contributed by atoms with van der Waals surface area (Å²) in [5, 5.41) is 6.08. The zero-order valence-corrected chi connectivity index (χ0v) is 13.8. The molecule has 1 aromatic carbocycles. The van der Waals surface area contributed by atoms with Crippen LogP contribution in [0.5, 0.6) is 0 Å². The Kier molecular flexibility index (Phi) is 4.87. The number of hydrogen-bond donors (Lipinski definition) is 3. The quantitative estimate of drug-likeness (QED) is 0.533. The van der Waals surface area contributed by atoms with Gasteiger partial charge in [0.1, 0.15) is 5.54 Å². The van der Waals surface area contributed by atoms with Crippen LogP contribution in [0.3, 0.4) is 0 Å². The second kappa shape index (κ2) is 6.69. The van der Waals surface area contributed by atoms with Gasteiger partial charge in [0.05, 0.1) is 6.54 Å². The minimum absolute atomic E-state index is 0.0821. The van der Waals surface area contributed by atoms with Crippen molar-refractivity contribution in [3.8, 4) is 0 Å². The highest BCUT2D eigenvalue weighted by Crippen LogP contribution is 2.19. The molecule has 0 bridgehead atoms. The van der Waals surface area contributed by atoms with E-state index in [1.165, 1.54) is 6.92 Å². The lowest BCUT2D eigenvalue weighted by Crippen LogP contribution is -2.50. The van der Waals surface area contributed by atoms with Gasteiger partial charge >= 0.3 is 6.03 Å². The number of nitrogens with one attached hydrogen (secondary N) is 3. The van der Waals surface area contributed by atoms with E-state index in [4.69, 9.17) is 0 Å². The van der Waals surface area contributed by atoms with E-state index in [-0.39, 0.29) is 12.3 Å². The van der Waals surface area contributed by atoms with Crippen LogP contribution < -0.4 is 16.1 Å². The molecule has 8 heteroatoms. The summed E-state index contributed by atoms with van der Waals surface area (Å²) in [6, 6.07) is 6.04. The molecule has 3 N–H and O–H groups in total. The van der Waals surface area contributed by atoms with Crippen molar-refractivity contribution in [1.82, 2.24) is 15.8 Å². The summed E-state index contributed by atoms with van der Waals surface area (Å²) in [6.07, 6.45) is 0.417. The SMILES string of the molecule is CC[C@@]1(C)NC(=O)N(NC(=O)CNc2cccc(C(C)=O)c2)C1=O. The number of urea groups is 1. The van der Waals surface area contributed by atoms with E-state index in [2.05, 4.69) is 16.1 Å². The predicted molar refractivity (Wildman–Crippen MR) is 87.2 cm³/mol. The minimum atomic E-state index is -1.01. The van der Waals surface area contributed by atoms with Gasteiger partial charge in [0.25, 0.3) is 11.8 Å². The van der Waals surface area contributed by atoms with Gasteiger partial charge < -0.3 is 10.6 Å². The average Bonchev–Trinajstić information content (AvgIpc) is 2.77. The molecule has 1 aromatic rings. The van der Waals surface area contributed by atoms with E-state index in [0.717, 1.165) is 0 Å². The topological polar surface area (TPSA) is 108 Å². The van der Waals surface area contributed by atoms with Crippen LogP contribution in [0.25, 0.3) is 0 Å². The van der Waals surface area contributed by atoms with Crippen molar-refractivity contribution < 1.29 is 19.2 Å². The van der Waals surface area contributed by atoms with Gasteiger partial charge in [0, 0.05) is 11.3 Å². The van der Waals surface area contributed by atoms with E-state index in [1.807, 2.05) is 0 Å². The van der Waals surface area contributed by atoms with Crippen LogP contribution in [0.15, 0.2) is 24.3 Å². The maximum Gasteiger partial charge on any atom is 0.344 e. The summed E-state index contributed by atoms with van der Waals surface area (Å²) in [6.45, 7) is 4.67. The first kappa shape index (κ1) is 17.5. The first-order chi connectivity index (χ1) is 11.3. The smallest absolute Gasteiger partial charge is 0.344 e. The second-order valence-electron chi connectivity index (χ2n) is 5.78. The summed E-state index contributed by atoms with van der Waals surface area (Å²) >= 11 is 0. The Morgan fingerprint density at radius 3 is 2.58 bits per heavy atom. The fourth-order valence-electron chi connectivity index (χ4n) is 2.22. The van der Waals surface area contributed by atoms with Crippen molar-refractivity contribution in [2.75, 3.05) is 11.9 Å². The molecule has 1 atom stereocenters. The monoisotopic (exact) mass is 332 g/mol. The van der Waals surface area contributed by atoms with Crippen LogP contribution in [0.4, 0.5) is 10.5 Å². The van der Waals surface area contributed by atoms with Crippen LogP contribution in [0, 0.1) is 0 Å². The molecule has 0 spiro atoms. The molecule has 0 aliphatic carbocycles. The lowest BCUT2D eigenvalue weighted by Gasteiger charge is -2.19. The van der Waals surface area contributed by atoms with E-state index in [9.17, 15) is 19.2 Å². The van der Waals surface area contributed by atoms with Crippen LogP contribution in [0.2, 0.25) is 0 Å². The molecule has 1 aliphatic rings. The molecular weight excluding hydrogens is 312 g/mol. The highest BCUT2D eigenvalue weighted by atomic mass is 16.2. The predicted octanol–water partition coefficient (Wildman–Crippen LogP) is 1.05. The number of amides is 4. The van der Waals surface area contributed by atoms with Crippen LogP contribution >= 0.6 is 0 Å². The van der Waals surface area contributed by atoms with E-state index >= 15 is 0 Å². The first-order valence-corrected chi connectivity index (χ1v) is 7.58. The van der Waals surface area contributed by atoms with Gasteiger partial charge in [-0.3, -0.25) is 19.8 Å². The van der Waals surface area contributed by atoms with E-state index in [0.29, 0.717) is 22.7 Å². The Hall–Kier alpha value is -2.90. The average molecular weight is 332 g/mol. The van der Waals surface area contributed by atoms with Crippen LogP contribution in [0.1, 0.15) is 37.6 Å². The molecule has 1 aliphatic heterocycles. The van der Waals surface area contributed by atoms with Crippen molar-refractivity contribution >= 4 is 29.3 Å². The van der Waals surface area contributed by atoms with Crippen molar-refractivity contribution in [3.05, 3.63) is 29.8 Å². The summed E-state index contributed by atoms with van der Waals surface area (Å²) in [5.74, 6) is -1.13. The number of carbonyl (C=O) groups excluding carboxylic acids is 4. The van der Waals surface area contributed by atoms with Crippen LogP contribution in [-0.2, 0) is 9.59 Å². The number of anilines is 1. The normalized spacial score (nSPS) is 19.9. The number of hydrazine groups is 1. The Morgan fingerprint density at radius 2 is 2.00 bits per heavy atom. The number of rotatable bonds is 6. The van der Waals surface area contributed by atoms with Crippen molar-refractivity contribution in [1.29, 1.82) is 0 Å². The summed E-state index contributed by atoms with van der Waals surface area (Å²) in [5.41, 5.74) is 2.39. The third kappa shape index (κ3) is 3.53. The Balaban J connectivity index is 1.94. The zero-order valence-electron chi connectivity index (χ0n) is 13.8. The lowest BCUT2D eigenvalue weighted by atomic mass is 10.00. The molecule has 1 fully saturated rings. The largest absolute Gasteiger partial charge is 0.376 e. The Morgan fingerprint density at radius 1 is 1.29 bits per heavy atom. The highest BCUT2D eigenvalue weighted by molar-refractivity contribution is 6.07. The van der Waals surface area contributed by atoms with E-state index < -0.39 is 23.4 Å². The molecule has 24 heavy (non-hydrogen) atoms. The van der Waals surface area contributed by atoms with E-state index in [1.54, 1.807) is 38.1 Å². The Bertz CT molecular complexity index is 703. The molecule has 8 nitrogen and oxygen atoms in total. The van der Waals surface area contributed by atoms with Gasteiger partial charge in [0.2, 0.25) is 0 Å². The fourth-order valence-corrected chi connectivity index (χ4v) is 2.22. The maximum atomic E-state index is 12.2. The molecule has 4 amide bonds. The molecule has 1 saturated heterocycles. The molecule has 0 aromatic heterocycles. The van der Waals surface area contributed by atoms with Gasteiger partial charge in [-0.1, -0.05) is 19.1 Å². The summed E-state index contributed by atoms with van der Waals surface area (Å²) in [4.78, 5) is 47.3. The number of benzene rings is 1. The number of Topliss-reactive ketones (excluding diaryl/α,β-unsaturated/α-hetero) is 1. The van der Waals surface area contributed by atoms with Gasteiger partial charge in [-0.2, -0.15) is 5.01 Å². The van der Waals surface area contributed by atoms with Crippen molar-refractivity contribution in [2.45, 2.75) is 32.7 Å². The standard InChI is InChI=1S/C16H20N4O4/c1-4-16(3)14(23)20(15(24)18-16)19-13(22)9-17-12-7-5-6-11(8-12)10(2)21/h5-8,17H,4,9H2,1-3H3,(H,18,24)(H,19,22)/t16-/m1/s1. The number of nitrogens with zero attached hydrogens (tertiary/aromatic N) is 1. The number of ketones is 1. The zero-order chi connectivity index (χ0) is 17.9. The van der Waals surface area contributed by atoms with Gasteiger partial charge in [-0.15, -0.1) is 0 Å². The maximum absolute atomic E-state index is 12.2. The third-order valence-electron chi connectivity index (χ3n) is 3.93. The minimum Gasteiger partial charge on any atom is -0.376 e. The lowest BCUT2D eigenvalue weighted by molar-refractivity contribution is -0.138. The van der Waals surface area contributed by atoms with Gasteiger partial charge in [-0.05, 0) is 32.4 Å². The molecule has 0 saturated carbocycles. The molecule has 128 valence electrons. The molecule has 2 rings (SSSR count). The number of carbonyl (C=O) groups is 4. The van der Waals surface area contributed by atoms with Crippen molar-refractivity contribution in [2.24, 2.45) is 0 Å². The van der Waals surface area contributed by atoms with Gasteiger partial charge in [0.15, 0.2) is 5.78 Å². The summed E-state index contributed by atoms with van der Waals surface area (Å²) < 4.78 is 0. The molecule has 0 unspecified atom stereocenters. The first-order valence-electron chi connectivity index (χ1n) is 7.58. The van der Waals surface area contributed by atoms with Gasteiger partial charge in [-0.25, -0.2) is 4.79 Å². The number of hydrogen-bond acceptors (Lipinski definition) is 5. The molecular formula is C16H20N4O4. The summed E-state index contributed by atoms with van der Waals surface area (Å²) in [7, 11) is 0. The Labute approximate surface area is 139 Å². The van der Waals surface area contributed by atoms with Crippen LogP contribution in [-0.4, -0.2) is 40.7 Å². The third-order valence-corrected chi connectivity index (χ3v) is 3.93. The molecule has 1 heterocycles. The fraction of sp³-hybridized carbons (Fsp3) is 0.375.